The first kappa shape index (κ1) is 21.8. The summed E-state index contributed by atoms with van der Waals surface area (Å²) in [7, 11) is -3.57. The highest BCUT2D eigenvalue weighted by Gasteiger charge is 2.19. The zero-order valence-corrected chi connectivity index (χ0v) is 17.8. The summed E-state index contributed by atoms with van der Waals surface area (Å²) in [6.07, 6.45) is 1.12. The van der Waals surface area contributed by atoms with E-state index in [0.717, 1.165) is 11.8 Å². The molecule has 0 fully saturated rings. The van der Waals surface area contributed by atoms with Crippen LogP contribution in [0.25, 0.3) is 0 Å². The summed E-state index contributed by atoms with van der Waals surface area (Å²) >= 11 is 6.17. The molecule has 0 bridgehead atoms. The molecule has 0 saturated heterocycles. The third-order valence-electron chi connectivity index (χ3n) is 4.46. The average molecular weight is 447 g/mol. The monoisotopic (exact) mass is 446 g/mol. The van der Waals surface area contributed by atoms with Gasteiger partial charge in [0.05, 0.1) is 18.5 Å². The maximum absolute atomic E-state index is 13.0. The molecule has 3 aromatic carbocycles. The van der Waals surface area contributed by atoms with Crippen LogP contribution in [0.15, 0.2) is 72.8 Å². The van der Waals surface area contributed by atoms with Crippen LogP contribution in [0.5, 0.6) is 0 Å². The Morgan fingerprint density at radius 3 is 2.23 bits per heavy atom. The van der Waals surface area contributed by atoms with Gasteiger partial charge < -0.3 is 5.32 Å². The molecule has 0 atom stereocenters. The van der Waals surface area contributed by atoms with Crippen LogP contribution in [0.2, 0.25) is 5.02 Å². The molecule has 3 aromatic rings. The number of amides is 1. The number of anilines is 1. The molecule has 5 nitrogen and oxygen atoms in total. The van der Waals surface area contributed by atoms with Gasteiger partial charge in [0, 0.05) is 17.1 Å². The molecule has 0 unspecified atom stereocenters. The topological polar surface area (TPSA) is 66.5 Å². The van der Waals surface area contributed by atoms with Crippen molar-refractivity contribution in [3.8, 4) is 0 Å². The van der Waals surface area contributed by atoms with Gasteiger partial charge in [-0.1, -0.05) is 41.9 Å². The molecule has 156 valence electrons. The number of carbonyl (C=O) groups excluding carboxylic acids is 1. The molecule has 3 rings (SSSR count). The van der Waals surface area contributed by atoms with Crippen molar-refractivity contribution in [1.29, 1.82) is 0 Å². The molecular weight excluding hydrogens is 427 g/mol. The fourth-order valence-electron chi connectivity index (χ4n) is 2.85. The van der Waals surface area contributed by atoms with Crippen molar-refractivity contribution in [3.63, 3.8) is 0 Å². The van der Waals surface area contributed by atoms with E-state index in [0.29, 0.717) is 21.8 Å². The number of hydrogen-bond donors (Lipinski definition) is 1. The second-order valence-corrected chi connectivity index (χ2v) is 9.03. The molecule has 30 heavy (non-hydrogen) atoms. The van der Waals surface area contributed by atoms with Gasteiger partial charge in [0.2, 0.25) is 10.0 Å². The quantitative estimate of drug-likeness (QED) is 0.585. The Hall–Kier alpha value is -2.90. The Morgan fingerprint density at radius 1 is 1.00 bits per heavy atom. The van der Waals surface area contributed by atoms with Gasteiger partial charge in [-0.3, -0.25) is 9.10 Å². The Kier molecular flexibility index (Phi) is 6.74. The smallest absolute Gasteiger partial charge is 0.251 e. The van der Waals surface area contributed by atoms with Crippen molar-refractivity contribution in [2.75, 3.05) is 10.6 Å². The lowest BCUT2D eigenvalue weighted by atomic mass is 10.1. The van der Waals surface area contributed by atoms with Gasteiger partial charge in [-0.2, -0.15) is 0 Å². The Balaban J connectivity index is 1.73. The number of nitrogens with zero attached hydrogens (tertiary/aromatic N) is 1. The largest absolute Gasteiger partial charge is 0.348 e. The fraction of sp³-hybridized carbons (Fsp3) is 0.136. The summed E-state index contributed by atoms with van der Waals surface area (Å²) in [6.45, 7) is 0.331. The van der Waals surface area contributed by atoms with Crippen LogP contribution in [0.4, 0.5) is 10.1 Å². The van der Waals surface area contributed by atoms with Crippen LogP contribution >= 0.6 is 11.6 Å². The van der Waals surface area contributed by atoms with Crippen LogP contribution in [-0.4, -0.2) is 20.6 Å². The predicted octanol–water partition coefficient (Wildman–Crippen LogP) is 4.38. The molecule has 0 aliphatic carbocycles. The van der Waals surface area contributed by atoms with Crippen LogP contribution in [0, 0.1) is 5.82 Å². The van der Waals surface area contributed by atoms with E-state index in [1.807, 2.05) is 0 Å². The highest BCUT2D eigenvalue weighted by atomic mass is 35.5. The van der Waals surface area contributed by atoms with Crippen LogP contribution in [0.3, 0.4) is 0 Å². The second-order valence-electron chi connectivity index (χ2n) is 6.72. The van der Waals surface area contributed by atoms with E-state index in [-0.39, 0.29) is 24.8 Å². The van der Waals surface area contributed by atoms with Gasteiger partial charge in [-0.05, 0) is 53.6 Å². The van der Waals surface area contributed by atoms with Gasteiger partial charge in [0.1, 0.15) is 5.82 Å². The van der Waals surface area contributed by atoms with E-state index in [2.05, 4.69) is 5.32 Å². The molecule has 0 spiro atoms. The summed E-state index contributed by atoms with van der Waals surface area (Å²) < 4.78 is 38.8. The molecule has 0 radical (unpaired) electrons. The average Bonchev–Trinajstić information content (AvgIpc) is 2.72. The van der Waals surface area contributed by atoms with E-state index in [9.17, 15) is 17.6 Å². The maximum atomic E-state index is 13.0. The lowest BCUT2D eigenvalue weighted by Crippen LogP contribution is -2.29. The summed E-state index contributed by atoms with van der Waals surface area (Å²) in [4.78, 5) is 12.4. The Bertz CT molecular complexity index is 1130. The Morgan fingerprint density at radius 2 is 1.63 bits per heavy atom. The fourth-order valence-corrected chi connectivity index (χ4v) is 3.92. The zero-order chi connectivity index (χ0) is 21.7. The Labute approximate surface area is 180 Å². The highest BCUT2D eigenvalue weighted by Crippen LogP contribution is 2.24. The summed E-state index contributed by atoms with van der Waals surface area (Å²) in [5.74, 6) is -0.657. The molecule has 8 heteroatoms. The van der Waals surface area contributed by atoms with Crippen LogP contribution in [0.1, 0.15) is 21.5 Å². The van der Waals surface area contributed by atoms with Crippen molar-refractivity contribution in [3.05, 3.63) is 100 Å². The van der Waals surface area contributed by atoms with Crippen molar-refractivity contribution in [2.45, 2.75) is 13.1 Å². The van der Waals surface area contributed by atoms with Gasteiger partial charge >= 0.3 is 0 Å². The minimum absolute atomic E-state index is 0.0780. The van der Waals surface area contributed by atoms with Crippen molar-refractivity contribution >= 4 is 33.2 Å². The third kappa shape index (κ3) is 5.58. The van der Waals surface area contributed by atoms with Gasteiger partial charge in [0.15, 0.2) is 0 Å². The maximum Gasteiger partial charge on any atom is 0.251 e. The summed E-state index contributed by atoms with van der Waals surface area (Å²) in [5.41, 5.74) is 2.25. The number of carbonyl (C=O) groups is 1. The first-order valence-electron chi connectivity index (χ1n) is 9.08. The summed E-state index contributed by atoms with van der Waals surface area (Å²) in [6, 6.07) is 19.1. The third-order valence-corrected chi connectivity index (χ3v) is 5.97. The SMILES string of the molecule is CS(=O)(=O)N(Cc1ccccc1Cl)c1ccc(C(=O)NCc2ccc(F)cc2)cc1. The standard InChI is InChI=1S/C22H20ClFN2O3S/c1-30(28,29)26(15-18-4-2-3-5-21(18)23)20-12-8-17(9-13-20)22(27)25-14-16-6-10-19(24)11-7-16/h2-13H,14-15H2,1H3,(H,25,27). The number of sulfonamides is 1. The van der Waals surface area contributed by atoms with E-state index in [1.54, 1.807) is 60.7 Å². The molecular formula is C22H20ClFN2O3S. The molecule has 0 aromatic heterocycles. The zero-order valence-electron chi connectivity index (χ0n) is 16.2. The van der Waals surface area contributed by atoms with Crippen LogP contribution < -0.4 is 9.62 Å². The van der Waals surface area contributed by atoms with E-state index < -0.39 is 10.0 Å². The molecule has 1 amide bonds. The van der Waals surface area contributed by atoms with Gasteiger partial charge in [0.25, 0.3) is 5.91 Å². The predicted molar refractivity (Wildman–Crippen MR) is 116 cm³/mol. The number of hydrogen-bond acceptors (Lipinski definition) is 3. The van der Waals surface area contributed by atoms with E-state index in [1.165, 1.54) is 16.4 Å². The van der Waals surface area contributed by atoms with E-state index >= 15 is 0 Å². The number of rotatable bonds is 7. The second kappa shape index (κ2) is 9.28. The normalized spacial score (nSPS) is 11.2. The number of nitrogens with one attached hydrogen (secondary N) is 1. The van der Waals surface area contributed by atoms with Gasteiger partial charge in [-0.25, -0.2) is 12.8 Å². The minimum Gasteiger partial charge on any atom is -0.348 e. The van der Waals surface area contributed by atoms with Gasteiger partial charge in [-0.15, -0.1) is 0 Å². The highest BCUT2D eigenvalue weighted by molar-refractivity contribution is 7.92. The lowest BCUT2D eigenvalue weighted by Gasteiger charge is -2.23. The molecule has 0 heterocycles. The number of halogens is 2. The van der Waals surface area contributed by atoms with E-state index in [4.69, 9.17) is 11.6 Å². The minimum atomic E-state index is -3.57. The molecule has 0 saturated carbocycles. The van der Waals surface area contributed by atoms with Crippen LogP contribution in [-0.2, 0) is 23.1 Å². The molecule has 0 aliphatic heterocycles. The molecule has 1 N–H and O–H groups in total. The molecule has 0 aliphatic rings. The van der Waals surface area contributed by atoms with Crippen molar-refractivity contribution in [1.82, 2.24) is 5.32 Å². The lowest BCUT2D eigenvalue weighted by molar-refractivity contribution is 0.0951. The first-order valence-corrected chi connectivity index (χ1v) is 11.3. The first-order chi connectivity index (χ1) is 14.2. The van der Waals surface area contributed by atoms with Crippen molar-refractivity contribution in [2.24, 2.45) is 0 Å². The van der Waals surface area contributed by atoms with Crippen molar-refractivity contribution < 1.29 is 17.6 Å². The number of benzene rings is 3. The summed E-state index contributed by atoms with van der Waals surface area (Å²) in [5, 5.41) is 3.23.